The van der Waals surface area contributed by atoms with Crippen LogP contribution in [0.5, 0.6) is 0 Å². The zero-order valence-corrected chi connectivity index (χ0v) is 9.12. The molecule has 0 aromatic heterocycles. The topological polar surface area (TPSA) is 58.4 Å². The average molecular weight is 199 g/mol. The highest BCUT2D eigenvalue weighted by atomic mass is 16.1. The molecular formula is C10H21N3O. The molecule has 0 aromatic carbocycles. The van der Waals surface area contributed by atoms with Gasteiger partial charge in [-0.15, -0.1) is 0 Å². The lowest BCUT2D eigenvalue weighted by molar-refractivity contribution is -0.124. The lowest BCUT2D eigenvalue weighted by Crippen LogP contribution is -2.49. The highest BCUT2D eigenvalue weighted by Gasteiger charge is 2.26. The van der Waals surface area contributed by atoms with E-state index in [0.29, 0.717) is 5.92 Å². The second-order valence-electron chi connectivity index (χ2n) is 4.23. The van der Waals surface area contributed by atoms with Gasteiger partial charge in [-0.25, -0.2) is 0 Å². The third-order valence-electron chi connectivity index (χ3n) is 2.69. The van der Waals surface area contributed by atoms with E-state index in [1.54, 1.807) is 0 Å². The molecular weight excluding hydrogens is 178 g/mol. The second-order valence-corrected chi connectivity index (χ2v) is 4.23. The van der Waals surface area contributed by atoms with Crippen LogP contribution in [-0.2, 0) is 4.79 Å². The Hall–Kier alpha value is -0.610. The maximum absolute atomic E-state index is 11.3. The van der Waals surface area contributed by atoms with Gasteiger partial charge in [0, 0.05) is 19.6 Å². The van der Waals surface area contributed by atoms with Crippen molar-refractivity contribution in [3.8, 4) is 0 Å². The standard InChI is InChI=1S/C10H21N3O/c1-8(2)9(10(11)14)13-6-3-4-12-5-7-13/h8-9,12H,3-7H2,1-2H3,(H2,11,14). The summed E-state index contributed by atoms with van der Waals surface area (Å²) in [5, 5.41) is 3.32. The van der Waals surface area contributed by atoms with E-state index < -0.39 is 0 Å². The van der Waals surface area contributed by atoms with E-state index in [1.165, 1.54) is 0 Å². The van der Waals surface area contributed by atoms with Crippen LogP contribution in [0.2, 0.25) is 0 Å². The Bertz CT molecular complexity index is 186. The maximum atomic E-state index is 11.3. The van der Waals surface area contributed by atoms with E-state index in [4.69, 9.17) is 5.73 Å². The molecule has 82 valence electrons. The SMILES string of the molecule is CC(C)C(C(N)=O)N1CCCNCC1. The minimum absolute atomic E-state index is 0.102. The van der Waals surface area contributed by atoms with Gasteiger partial charge in [0.2, 0.25) is 5.91 Å². The van der Waals surface area contributed by atoms with Gasteiger partial charge in [0.15, 0.2) is 0 Å². The number of carbonyl (C=O) groups excluding carboxylic acids is 1. The summed E-state index contributed by atoms with van der Waals surface area (Å²) in [6.07, 6.45) is 1.09. The van der Waals surface area contributed by atoms with E-state index in [0.717, 1.165) is 32.6 Å². The lowest BCUT2D eigenvalue weighted by atomic mass is 10.0. The summed E-state index contributed by atoms with van der Waals surface area (Å²) in [5.74, 6) is 0.104. The lowest BCUT2D eigenvalue weighted by Gasteiger charge is -2.30. The Labute approximate surface area is 85.8 Å². The summed E-state index contributed by atoms with van der Waals surface area (Å²) < 4.78 is 0. The van der Waals surface area contributed by atoms with Crippen molar-refractivity contribution in [1.82, 2.24) is 10.2 Å². The van der Waals surface area contributed by atoms with Crippen LogP contribution in [0.25, 0.3) is 0 Å². The molecule has 1 atom stereocenters. The molecule has 1 aliphatic rings. The van der Waals surface area contributed by atoms with Gasteiger partial charge in [0.25, 0.3) is 0 Å². The van der Waals surface area contributed by atoms with Crippen LogP contribution in [-0.4, -0.2) is 43.0 Å². The van der Waals surface area contributed by atoms with Gasteiger partial charge in [-0.05, 0) is 18.9 Å². The van der Waals surface area contributed by atoms with Crippen LogP contribution in [0.4, 0.5) is 0 Å². The first-order chi connectivity index (χ1) is 6.63. The van der Waals surface area contributed by atoms with Crippen LogP contribution in [0.1, 0.15) is 20.3 Å². The Morgan fingerprint density at radius 3 is 2.64 bits per heavy atom. The van der Waals surface area contributed by atoms with Crippen molar-refractivity contribution in [3.63, 3.8) is 0 Å². The predicted octanol–water partition coefficient (Wildman–Crippen LogP) is -0.208. The van der Waals surface area contributed by atoms with Gasteiger partial charge in [-0.2, -0.15) is 0 Å². The monoisotopic (exact) mass is 199 g/mol. The zero-order chi connectivity index (χ0) is 10.6. The summed E-state index contributed by atoms with van der Waals surface area (Å²) >= 11 is 0. The second kappa shape index (κ2) is 5.32. The Kier molecular flexibility index (Phi) is 4.35. The normalized spacial score (nSPS) is 21.9. The first-order valence-electron chi connectivity index (χ1n) is 5.37. The Morgan fingerprint density at radius 1 is 1.36 bits per heavy atom. The first-order valence-corrected chi connectivity index (χ1v) is 5.37. The molecule has 0 radical (unpaired) electrons. The summed E-state index contributed by atoms with van der Waals surface area (Å²) in [5.41, 5.74) is 5.42. The molecule has 1 amide bonds. The van der Waals surface area contributed by atoms with Crippen molar-refractivity contribution in [2.24, 2.45) is 11.7 Å². The molecule has 0 bridgehead atoms. The fourth-order valence-corrected chi connectivity index (χ4v) is 2.07. The van der Waals surface area contributed by atoms with E-state index in [-0.39, 0.29) is 11.9 Å². The highest BCUT2D eigenvalue weighted by Crippen LogP contribution is 2.11. The minimum atomic E-state index is -0.193. The zero-order valence-electron chi connectivity index (χ0n) is 9.12. The number of nitrogens with two attached hydrogens (primary N) is 1. The molecule has 0 aromatic rings. The van der Waals surface area contributed by atoms with Crippen LogP contribution >= 0.6 is 0 Å². The van der Waals surface area contributed by atoms with Gasteiger partial charge in [-0.3, -0.25) is 9.69 Å². The maximum Gasteiger partial charge on any atom is 0.235 e. The number of amides is 1. The number of rotatable bonds is 3. The molecule has 3 N–H and O–H groups in total. The van der Waals surface area contributed by atoms with Crippen molar-refractivity contribution < 1.29 is 4.79 Å². The minimum Gasteiger partial charge on any atom is -0.368 e. The Morgan fingerprint density at radius 2 is 2.07 bits per heavy atom. The molecule has 0 saturated carbocycles. The highest BCUT2D eigenvalue weighted by molar-refractivity contribution is 5.80. The third-order valence-corrected chi connectivity index (χ3v) is 2.69. The molecule has 4 nitrogen and oxygen atoms in total. The quantitative estimate of drug-likeness (QED) is 0.661. The van der Waals surface area contributed by atoms with Gasteiger partial charge in [0.05, 0.1) is 6.04 Å². The molecule has 1 saturated heterocycles. The summed E-state index contributed by atoms with van der Waals surface area (Å²) in [6.45, 7) is 7.99. The average Bonchev–Trinajstić information content (AvgIpc) is 2.31. The van der Waals surface area contributed by atoms with Crippen LogP contribution in [0.3, 0.4) is 0 Å². The number of hydrogen-bond acceptors (Lipinski definition) is 3. The van der Waals surface area contributed by atoms with Gasteiger partial charge < -0.3 is 11.1 Å². The molecule has 1 rings (SSSR count). The number of hydrogen-bond donors (Lipinski definition) is 2. The van der Waals surface area contributed by atoms with Crippen molar-refractivity contribution in [3.05, 3.63) is 0 Å². The van der Waals surface area contributed by atoms with Crippen molar-refractivity contribution in [2.45, 2.75) is 26.3 Å². The first kappa shape index (κ1) is 11.5. The van der Waals surface area contributed by atoms with Gasteiger partial charge >= 0.3 is 0 Å². The van der Waals surface area contributed by atoms with Crippen LogP contribution in [0, 0.1) is 5.92 Å². The largest absolute Gasteiger partial charge is 0.368 e. The predicted molar refractivity (Wildman–Crippen MR) is 56.9 cm³/mol. The summed E-state index contributed by atoms with van der Waals surface area (Å²) in [4.78, 5) is 13.5. The van der Waals surface area contributed by atoms with Crippen molar-refractivity contribution in [2.75, 3.05) is 26.2 Å². The van der Waals surface area contributed by atoms with Crippen molar-refractivity contribution in [1.29, 1.82) is 0 Å². The smallest absolute Gasteiger partial charge is 0.235 e. The van der Waals surface area contributed by atoms with E-state index in [1.807, 2.05) is 13.8 Å². The molecule has 0 aliphatic carbocycles. The number of nitrogens with zero attached hydrogens (tertiary/aromatic N) is 1. The van der Waals surface area contributed by atoms with Crippen LogP contribution < -0.4 is 11.1 Å². The molecule has 14 heavy (non-hydrogen) atoms. The summed E-state index contributed by atoms with van der Waals surface area (Å²) in [7, 11) is 0. The third kappa shape index (κ3) is 2.96. The fourth-order valence-electron chi connectivity index (χ4n) is 2.07. The van der Waals surface area contributed by atoms with Gasteiger partial charge in [-0.1, -0.05) is 13.8 Å². The number of carbonyl (C=O) groups is 1. The van der Waals surface area contributed by atoms with E-state index in [2.05, 4.69) is 10.2 Å². The number of primary amides is 1. The summed E-state index contributed by atoms with van der Waals surface area (Å²) in [6, 6.07) is -0.102. The molecule has 1 fully saturated rings. The molecule has 1 unspecified atom stereocenters. The van der Waals surface area contributed by atoms with E-state index >= 15 is 0 Å². The van der Waals surface area contributed by atoms with E-state index in [9.17, 15) is 4.79 Å². The number of nitrogens with one attached hydrogen (secondary N) is 1. The van der Waals surface area contributed by atoms with Crippen LogP contribution in [0.15, 0.2) is 0 Å². The fraction of sp³-hybridized carbons (Fsp3) is 0.900. The Balaban J connectivity index is 2.60. The van der Waals surface area contributed by atoms with Crippen molar-refractivity contribution >= 4 is 5.91 Å². The molecule has 4 heteroatoms. The molecule has 0 spiro atoms. The van der Waals surface area contributed by atoms with Gasteiger partial charge in [0.1, 0.15) is 0 Å². The molecule has 1 heterocycles. The molecule has 1 aliphatic heterocycles.